The van der Waals surface area contributed by atoms with Gasteiger partial charge in [-0.25, -0.2) is 0 Å². The summed E-state index contributed by atoms with van der Waals surface area (Å²) >= 11 is 17.0. The van der Waals surface area contributed by atoms with Crippen LogP contribution in [0.5, 0.6) is 0 Å². The fourth-order valence-electron chi connectivity index (χ4n) is 2.46. The summed E-state index contributed by atoms with van der Waals surface area (Å²) < 4.78 is 0. The Hall–Kier alpha value is -1.67. The van der Waals surface area contributed by atoms with E-state index in [1.54, 1.807) is 31.0 Å². The lowest BCUT2D eigenvalue weighted by Crippen LogP contribution is -2.39. The number of likely N-dealkylation sites (N-methyl/N-ethyl adjacent to an activating group) is 2. The first kappa shape index (κ1) is 23.4. The molecule has 0 radical (unpaired) electrons. The van der Waals surface area contributed by atoms with Crippen LogP contribution in [0.25, 0.3) is 0 Å². The molecule has 9 heteroatoms. The van der Waals surface area contributed by atoms with Crippen LogP contribution >= 0.6 is 35.4 Å². The van der Waals surface area contributed by atoms with Crippen LogP contribution in [-0.4, -0.2) is 60.0 Å². The molecule has 1 aliphatic heterocycles. The first-order chi connectivity index (χ1) is 12.6. The second-order valence-corrected chi connectivity index (χ2v) is 7.33. The fourth-order valence-corrected chi connectivity index (χ4v) is 3.14. The molecule has 6 nitrogen and oxygen atoms in total. The van der Waals surface area contributed by atoms with E-state index in [4.69, 9.17) is 35.4 Å². The number of likely N-dealkylation sites (tertiary alicyclic amines) is 1. The normalized spacial score (nSPS) is 18.5. The van der Waals surface area contributed by atoms with Gasteiger partial charge in [0.2, 0.25) is 11.8 Å². The third-order valence-electron chi connectivity index (χ3n) is 3.94. The summed E-state index contributed by atoms with van der Waals surface area (Å²) in [4.78, 5) is 28.0. The Morgan fingerprint density at radius 1 is 1.26 bits per heavy atom. The van der Waals surface area contributed by atoms with E-state index < -0.39 is 5.91 Å². The number of rotatable bonds is 6. The Bertz CT molecular complexity index is 703. The van der Waals surface area contributed by atoms with Crippen LogP contribution in [0, 0.1) is 0 Å². The number of carbonyl (C=O) groups is 2. The lowest BCUT2D eigenvalue weighted by molar-refractivity contribution is -0.127. The predicted molar refractivity (Wildman–Crippen MR) is 114 cm³/mol. The van der Waals surface area contributed by atoms with Crippen LogP contribution in [0.2, 0.25) is 0 Å². The summed E-state index contributed by atoms with van der Waals surface area (Å²) in [5.74, 6) is -0.783. The highest BCUT2D eigenvalue weighted by Gasteiger charge is 2.25. The maximum Gasteiger partial charge on any atom is 0.250 e. The highest BCUT2D eigenvalue weighted by molar-refractivity contribution is 7.80. The summed E-state index contributed by atoms with van der Waals surface area (Å²) in [6.45, 7) is 7.16. The molecule has 148 valence electrons. The maximum atomic E-state index is 12.2. The van der Waals surface area contributed by atoms with E-state index in [9.17, 15) is 9.59 Å². The lowest BCUT2D eigenvalue weighted by Gasteiger charge is -2.22. The highest BCUT2D eigenvalue weighted by atomic mass is 35.5. The molecule has 1 saturated heterocycles. The molecule has 1 atom stereocenters. The molecule has 0 aliphatic carbocycles. The van der Waals surface area contributed by atoms with Gasteiger partial charge < -0.3 is 15.1 Å². The molecule has 1 rings (SSSR count). The number of hydrogen-bond donors (Lipinski definition) is 2. The van der Waals surface area contributed by atoms with E-state index in [0.717, 1.165) is 25.6 Å². The van der Waals surface area contributed by atoms with Crippen molar-refractivity contribution in [2.24, 2.45) is 0 Å². The molecule has 1 fully saturated rings. The molecule has 1 unspecified atom stereocenters. The summed E-state index contributed by atoms with van der Waals surface area (Å²) in [6, 6.07) is 0.147. The number of nitrogens with zero attached hydrogens (tertiary/aromatic N) is 2. The van der Waals surface area contributed by atoms with Gasteiger partial charge in [0.15, 0.2) is 5.11 Å². The number of nitrogens with one attached hydrogen (secondary N) is 2. The van der Waals surface area contributed by atoms with E-state index in [0.29, 0.717) is 5.03 Å². The highest BCUT2D eigenvalue weighted by Crippen LogP contribution is 2.18. The molecule has 27 heavy (non-hydrogen) atoms. The molecule has 0 bridgehead atoms. The Morgan fingerprint density at radius 2 is 1.93 bits per heavy atom. The zero-order valence-corrected chi connectivity index (χ0v) is 17.9. The summed E-state index contributed by atoms with van der Waals surface area (Å²) in [5.41, 5.74) is 0.284. The van der Waals surface area contributed by atoms with Crippen LogP contribution in [-0.2, 0) is 9.59 Å². The van der Waals surface area contributed by atoms with Gasteiger partial charge >= 0.3 is 0 Å². The molecule has 0 saturated carbocycles. The van der Waals surface area contributed by atoms with Crippen molar-refractivity contribution in [1.82, 2.24) is 20.4 Å². The summed E-state index contributed by atoms with van der Waals surface area (Å²) in [7, 11) is 3.74. The molecular formula is C18H24Cl2N4O2S. The largest absolute Gasteiger partial charge is 0.338 e. The Kier molecular flexibility index (Phi) is 9.73. The average molecular weight is 431 g/mol. The SMILES string of the molecule is C=C(Cl)/C(NC(=S)NC(=O)/C=C/C(=O)N(C)C1CCN(C)C1)=C(Cl)\C=C/C. The van der Waals surface area contributed by atoms with Gasteiger partial charge in [0, 0.05) is 31.8 Å². The van der Waals surface area contributed by atoms with E-state index >= 15 is 0 Å². The zero-order valence-electron chi connectivity index (χ0n) is 15.6. The third kappa shape index (κ3) is 7.84. The monoisotopic (exact) mass is 430 g/mol. The predicted octanol–water partition coefficient (Wildman–Crippen LogP) is 2.47. The van der Waals surface area contributed by atoms with Gasteiger partial charge in [0.05, 0.1) is 15.8 Å². The molecule has 2 amide bonds. The van der Waals surface area contributed by atoms with Gasteiger partial charge in [-0.15, -0.1) is 0 Å². The number of amides is 2. The molecule has 0 aromatic rings. The van der Waals surface area contributed by atoms with Crippen molar-refractivity contribution in [3.8, 4) is 0 Å². The third-order valence-corrected chi connectivity index (χ3v) is 4.65. The minimum Gasteiger partial charge on any atom is -0.338 e. The molecule has 0 aromatic heterocycles. The van der Waals surface area contributed by atoms with Gasteiger partial charge in [-0.3, -0.25) is 14.9 Å². The maximum absolute atomic E-state index is 12.2. The van der Waals surface area contributed by atoms with Crippen molar-refractivity contribution in [1.29, 1.82) is 0 Å². The summed E-state index contributed by atoms with van der Waals surface area (Å²) in [6.07, 6.45) is 6.60. The number of carbonyl (C=O) groups excluding carboxylic acids is 2. The second-order valence-electron chi connectivity index (χ2n) is 6.06. The van der Waals surface area contributed by atoms with Crippen molar-refractivity contribution in [3.63, 3.8) is 0 Å². The van der Waals surface area contributed by atoms with Crippen LogP contribution in [0.3, 0.4) is 0 Å². The topological polar surface area (TPSA) is 64.7 Å². The molecule has 1 heterocycles. The van der Waals surface area contributed by atoms with Crippen molar-refractivity contribution in [2.75, 3.05) is 27.2 Å². The lowest BCUT2D eigenvalue weighted by atomic mass is 10.2. The number of halogens is 2. The van der Waals surface area contributed by atoms with Gasteiger partial charge in [-0.2, -0.15) is 0 Å². The van der Waals surface area contributed by atoms with Crippen LogP contribution in [0.4, 0.5) is 0 Å². The van der Waals surface area contributed by atoms with E-state index in [1.165, 1.54) is 6.08 Å². The molecule has 2 N–H and O–H groups in total. The summed E-state index contributed by atoms with van der Waals surface area (Å²) in [5, 5.41) is 5.58. The van der Waals surface area contributed by atoms with E-state index in [2.05, 4.69) is 22.1 Å². The van der Waals surface area contributed by atoms with Crippen molar-refractivity contribution in [2.45, 2.75) is 19.4 Å². The Labute approximate surface area is 175 Å². The van der Waals surface area contributed by atoms with Crippen LogP contribution in [0.1, 0.15) is 13.3 Å². The van der Waals surface area contributed by atoms with Gasteiger partial charge in [0.1, 0.15) is 0 Å². The van der Waals surface area contributed by atoms with Crippen molar-refractivity contribution < 1.29 is 9.59 Å². The quantitative estimate of drug-likeness (QED) is 0.384. The van der Waals surface area contributed by atoms with Gasteiger partial charge in [-0.05, 0) is 45.2 Å². The number of allylic oxidation sites excluding steroid dienone is 4. The smallest absolute Gasteiger partial charge is 0.250 e. The van der Waals surface area contributed by atoms with Gasteiger partial charge in [-0.1, -0.05) is 35.9 Å². The van der Waals surface area contributed by atoms with Crippen LogP contribution < -0.4 is 10.6 Å². The first-order valence-corrected chi connectivity index (χ1v) is 9.44. The standard InChI is InChI=1S/C18H24Cl2N4O2S/c1-5-6-14(20)17(12(2)19)22-18(27)21-15(25)7-8-16(26)24(4)13-9-10-23(3)11-13/h5-8,13H,2,9-11H2,1,3-4H3,(H2,21,22,25,27)/b6-5-,8-7+,17-14-. The molecule has 0 aromatic carbocycles. The second kappa shape index (κ2) is 11.2. The van der Waals surface area contributed by atoms with Crippen molar-refractivity contribution in [3.05, 3.63) is 46.6 Å². The molecule has 1 aliphatic rings. The minimum absolute atomic E-state index is 0.0117. The van der Waals surface area contributed by atoms with Crippen molar-refractivity contribution >= 4 is 52.3 Å². The average Bonchev–Trinajstić information content (AvgIpc) is 3.03. The number of thiocarbonyl (C=S) groups is 1. The number of hydrogen-bond acceptors (Lipinski definition) is 4. The van der Waals surface area contributed by atoms with Gasteiger partial charge in [0.25, 0.3) is 0 Å². The zero-order chi connectivity index (χ0) is 20.6. The molecular weight excluding hydrogens is 407 g/mol. The Morgan fingerprint density at radius 3 is 2.44 bits per heavy atom. The minimum atomic E-state index is -0.542. The van der Waals surface area contributed by atoms with E-state index in [-0.39, 0.29) is 27.8 Å². The first-order valence-electron chi connectivity index (χ1n) is 8.28. The van der Waals surface area contributed by atoms with E-state index in [1.807, 2.05) is 7.05 Å². The van der Waals surface area contributed by atoms with Crippen LogP contribution in [0.15, 0.2) is 46.6 Å². The Balaban J connectivity index is 2.61. The fraction of sp³-hybridized carbons (Fsp3) is 0.389. The molecule has 0 spiro atoms.